The summed E-state index contributed by atoms with van der Waals surface area (Å²) in [6, 6.07) is 7.76. The number of aromatic nitrogens is 1. The summed E-state index contributed by atoms with van der Waals surface area (Å²) in [7, 11) is 0. The Labute approximate surface area is 96.5 Å². The first-order valence-corrected chi connectivity index (χ1v) is 5.45. The van der Waals surface area contributed by atoms with Crippen molar-refractivity contribution < 1.29 is 0 Å². The van der Waals surface area contributed by atoms with E-state index in [0.29, 0.717) is 5.00 Å². The number of rotatable bonds is 2. The van der Waals surface area contributed by atoms with E-state index in [-0.39, 0.29) is 11.2 Å². The fourth-order valence-corrected chi connectivity index (χ4v) is 1.95. The third-order valence-electron chi connectivity index (χ3n) is 2.10. The second-order valence-electron chi connectivity index (χ2n) is 3.31. The van der Waals surface area contributed by atoms with Crippen LogP contribution in [0.1, 0.15) is 5.56 Å². The summed E-state index contributed by atoms with van der Waals surface area (Å²) in [5.74, 6) is 0. The quantitative estimate of drug-likeness (QED) is 0.780. The first-order chi connectivity index (χ1) is 7.70. The van der Waals surface area contributed by atoms with E-state index >= 15 is 0 Å². The molecule has 0 fully saturated rings. The van der Waals surface area contributed by atoms with Crippen molar-refractivity contribution in [3.8, 4) is 0 Å². The molecule has 0 radical (unpaired) electrons. The number of anilines is 2. The van der Waals surface area contributed by atoms with Gasteiger partial charge in [0.2, 0.25) is 0 Å². The number of hydrogen-bond acceptors (Lipinski definition) is 3. The lowest BCUT2D eigenvalue weighted by molar-refractivity contribution is 1.44. The lowest BCUT2D eigenvalue weighted by Crippen LogP contribution is -1.95. The molecule has 0 amide bonds. The van der Waals surface area contributed by atoms with E-state index in [2.05, 4.69) is 14.5 Å². The smallest absolute Gasteiger partial charge is 0.285 e. The number of nitrogens with zero attached hydrogens (tertiary/aromatic N) is 1. The van der Waals surface area contributed by atoms with Gasteiger partial charge in [0.15, 0.2) is 0 Å². The van der Waals surface area contributed by atoms with Crippen molar-refractivity contribution in [2.45, 2.75) is 6.92 Å². The van der Waals surface area contributed by atoms with E-state index in [4.69, 9.17) is 6.57 Å². The van der Waals surface area contributed by atoms with Crippen LogP contribution in [-0.2, 0) is 0 Å². The second kappa shape index (κ2) is 4.21. The average molecular weight is 231 g/mol. The molecular formula is C11H9N3OS. The fraction of sp³-hybridized carbons (Fsp3) is 0.0909. The van der Waals surface area contributed by atoms with Gasteiger partial charge in [0.05, 0.1) is 6.57 Å². The van der Waals surface area contributed by atoms with Gasteiger partial charge in [-0.05, 0) is 19.1 Å². The summed E-state index contributed by atoms with van der Waals surface area (Å²) in [4.78, 5) is 14.4. The van der Waals surface area contributed by atoms with E-state index in [1.54, 1.807) is 0 Å². The molecule has 16 heavy (non-hydrogen) atoms. The molecule has 5 heteroatoms. The predicted molar refractivity (Wildman–Crippen MR) is 65.7 cm³/mol. The van der Waals surface area contributed by atoms with Crippen molar-refractivity contribution in [3.05, 3.63) is 51.6 Å². The van der Waals surface area contributed by atoms with Crippen LogP contribution in [0.5, 0.6) is 0 Å². The van der Waals surface area contributed by atoms with E-state index < -0.39 is 0 Å². The van der Waals surface area contributed by atoms with Crippen LogP contribution in [0.2, 0.25) is 0 Å². The molecule has 0 bridgehead atoms. The molecule has 2 aromatic rings. The Morgan fingerprint density at radius 3 is 2.69 bits per heavy atom. The molecular weight excluding hydrogens is 222 g/mol. The normalized spacial score (nSPS) is 9.75. The summed E-state index contributed by atoms with van der Waals surface area (Å²) in [5.41, 5.74) is 1.81. The molecule has 0 saturated carbocycles. The molecule has 1 heterocycles. The number of aryl methyl sites for hydroxylation is 1. The summed E-state index contributed by atoms with van der Waals surface area (Å²) in [6.45, 7) is 8.92. The number of nitrogens with one attached hydrogen (secondary N) is 2. The van der Waals surface area contributed by atoms with Gasteiger partial charge in [0, 0.05) is 5.69 Å². The van der Waals surface area contributed by atoms with Crippen LogP contribution in [0.25, 0.3) is 4.85 Å². The van der Waals surface area contributed by atoms with Crippen molar-refractivity contribution in [1.29, 1.82) is 0 Å². The Bertz CT molecular complexity index is 589. The Morgan fingerprint density at radius 1 is 1.38 bits per heavy atom. The van der Waals surface area contributed by atoms with Gasteiger partial charge in [-0.2, -0.15) is 0 Å². The van der Waals surface area contributed by atoms with Gasteiger partial charge in [-0.1, -0.05) is 29.2 Å². The number of H-pyrrole nitrogens is 1. The maximum atomic E-state index is 11.2. The van der Waals surface area contributed by atoms with Crippen LogP contribution in [0, 0.1) is 13.5 Å². The number of hydrogen-bond donors (Lipinski definition) is 2. The van der Waals surface area contributed by atoms with Crippen LogP contribution < -0.4 is 10.9 Å². The standard InChI is InChI=1S/C11H9N3OS/c1-7-3-5-8(6-4-7)13-11-9(12-2)10(15)14-16-11/h3-6,13H,1H3,(H,14,15). The van der Waals surface area contributed by atoms with Crippen LogP contribution in [0.4, 0.5) is 16.4 Å². The van der Waals surface area contributed by atoms with E-state index in [9.17, 15) is 4.79 Å². The number of benzene rings is 1. The lowest BCUT2D eigenvalue weighted by Gasteiger charge is -2.03. The highest BCUT2D eigenvalue weighted by atomic mass is 32.1. The zero-order valence-corrected chi connectivity index (χ0v) is 9.39. The minimum atomic E-state index is -0.338. The van der Waals surface area contributed by atoms with Crippen LogP contribution in [-0.4, -0.2) is 4.37 Å². The van der Waals surface area contributed by atoms with Crippen molar-refractivity contribution in [2.24, 2.45) is 0 Å². The predicted octanol–water partition coefficient (Wildman–Crippen LogP) is 3.04. The maximum absolute atomic E-state index is 11.2. The molecule has 4 nitrogen and oxygen atoms in total. The van der Waals surface area contributed by atoms with E-state index in [1.165, 1.54) is 5.56 Å². The van der Waals surface area contributed by atoms with Crippen molar-refractivity contribution in [2.75, 3.05) is 5.32 Å². The van der Waals surface area contributed by atoms with Gasteiger partial charge in [-0.3, -0.25) is 9.17 Å². The maximum Gasteiger partial charge on any atom is 0.285 e. The molecule has 0 unspecified atom stereocenters. The molecule has 0 saturated heterocycles. The van der Waals surface area contributed by atoms with E-state index in [0.717, 1.165) is 17.2 Å². The summed E-state index contributed by atoms with van der Waals surface area (Å²) in [5, 5.41) is 3.60. The van der Waals surface area contributed by atoms with Gasteiger partial charge >= 0.3 is 0 Å². The molecule has 80 valence electrons. The zero-order chi connectivity index (χ0) is 11.5. The molecule has 0 aliphatic carbocycles. The number of aromatic amines is 1. The highest BCUT2D eigenvalue weighted by Gasteiger charge is 2.09. The van der Waals surface area contributed by atoms with Crippen molar-refractivity contribution in [1.82, 2.24) is 4.37 Å². The van der Waals surface area contributed by atoms with Crippen LogP contribution in [0.3, 0.4) is 0 Å². The largest absolute Gasteiger partial charge is 0.355 e. The van der Waals surface area contributed by atoms with E-state index in [1.807, 2.05) is 31.2 Å². The fourth-order valence-electron chi connectivity index (χ4n) is 1.25. The Morgan fingerprint density at radius 2 is 2.06 bits per heavy atom. The van der Waals surface area contributed by atoms with Gasteiger partial charge in [0.25, 0.3) is 11.2 Å². The van der Waals surface area contributed by atoms with Gasteiger partial charge < -0.3 is 5.32 Å². The molecule has 0 aliphatic rings. The molecule has 1 aromatic carbocycles. The Kier molecular flexibility index (Phi) is 2.75. The topological polar surface area (TPSA) is 49.2 Å². The monoisotopic (exact) mass is 231 g/mol. The van der Waals surface area contributed by atoms with Gasteiger partial charge in [0.1, 0.15) is 5.00 Å². The Balaban J connectivity index is 2.31. The first-order valence-electron chi connectivity index (χ1n) is 4.63. The molecule has 0 spiro atoms. The molecule has 2 rings (SSSR count). The molecule has 2 N–H and O–H groups in total. The molecule has 0 atom stereocenters. The van der Waals surface area contributed by atoms with Crippen LogP contribution >= 0.6 is 11.5 Å². The highest BCUT2D eigenvalue weighted by Crippen LogP contribution is 2.28. The second-order valence-corrected chi connectivity index (χ2v) is 4.13. The first kappa shape index (κ1) is 10.5. The van der Waals surface area contributed by atoms with Crippen LogP contribution in [0.15, 0.2) is 29.1 Å². The highest BCUT2D eigenvalue weighted by molar-refractivity contribution is 7.11. The van der Waals surface area contributed by atoms with Gasteiger partial charge in [-0.25, -0.2) is 4.85 Å². The van der Waals surface area contributed by atoms with Gasteiger partial charge in [-0.15, -0.1) is 0 Å². The summed E-state index contributed by atoms with van der Waals surface area (Å²) in [6.07, 6.45) is 0. The minimum Gasteiger partial charge on any atom is -0.355 e. The van der Waals surface area contributed by atoms with Crippen molar-refractivity contribution >= 4 is 27.9 Å². The molecule has 0 aliphatic heterocycles. The average Bonchev–Trinajstić information content (AvgIpc) is 2.63. The zero-order valence-electron chi connectivity index (χ0n) is 8.57. The lowest BCUT2D eigenvalue weighted by atomic mass is 10.2. The third kappa shape index (κ3) is 1.97. The SMILES string of the molecule is [C-]#[N+]c1c(Nc2ccc(C)cc2)s[nH]c1=O. The summed E-state index contributed by atoms with van der Waals surface area (Å²) >= 11 is 1.14. The van der Waals surface area contributed by atoms with Crippen molar-refractivity contribution in [3.63, 3.8) is 0 Å². The Hall–Kier alpha value is -2.06. The molecule has 1 aromatic heterocycles. The summed E-state index contributed by atoms with van der Waals surface area (Å²) < 4.78 is 2.53. The third-order valence-corrected chi connectivity index (χ3v) is 2.88. The minimum absolute atomic E-state index is 0.116.